The van der Waals surface area contributed by atoms with Crippen LogP contribution in [0, 0.1) is 0 Å². The predicted molar refractivity (Wildman–Crippen MR) is 60.8 cm³/mol. The molecule has 2 fully saturated rings. The van der Waals surface area contributed by atoms with Crippen molar-refractivity contribution in [2.24, 2.45) is 5.73 Å². The highest BCUT2D eigenvalue weighted by Gasteiger charge is 2.36. The van der Waals surface area contributed by atoms with Gasteiger partial charge in [-0.15, -0.1) is 0 Å². The first-order valence-corrected chi connectivity index (χ1v) is 6.14. The number of hydrogen-bond acceptors (Lipinski definition) is 4. The van der Waals surface area contributed by atoms with Crippen LogP contribution in [0.5, 0.6) is 0 Å². The van der Waals surface area contributed by atoms with Crippen LogP contribution in [0.15, 0.2) is 0 Å². The number of nitrogens with one attached hydrogen (secondary N) is 1. The second-order valence-electron chi connectivity index (χ2n) is 4.78. The van der Waals surface area contributed by atoms with Crippen LogP contribution in [-0.2, 0) is 4.79 Å². The standard InChI is InChI=1S/C11H21N3O2/c12-11(16)9-7-13-5-6-14(9)8-3-1-2-4-10(8)15/h8-10,13,15H,1-7H2,(H2,12,16). The van der Waals surface area contributed by atoms with Crippen LogP contribution in [0.4, 0.5) is 0 Å². The largest absolute Gasteiger partial charge is 0.391 e. The monoisotopic (exact) mass is 227 g/mol. The number of amides is 1. The number of nitrogens with zero attached hydrogens (tertiary/aromatic N) is 1. The molecule has 1 amide bonds. The molecule has 16 heavy (non-hydrogen) atoms. The van der Waals surface area contributed by atoms with Gasteiger partial charge in [0.25, 0.3) is 0 Å². The third-order valence-corrected chi connectivity index (χ3v) is 3.73. The third-order valence-electron chi connectivity index (χ3n) is 3.73. The Balaban J connectivity index is 2.06. The zero-order chi connectivity index (χ0) is 11.5. The maximum Gasteiger partial charge on any atom is 0.236 e. The smallest absolute Gasteiger partial charge is 0.236 e. The van der Waals surface area contributed by atoms with E-state index < -0.39 is 0 Å². The van der Waals surface area contributed by atoms with E-state index in [0.717, 1.165) is 38.8 Å². The quantitative estimate of drug-likeness (QED) is 0.568. The minimum Gasteiger partial charge on any atom is -0.391 e. The van der Waals surface area contributed by atoms with E-state index in [1.54, 1.807) is 0 Å². The lowest BCUT2D eigenvalue weighted by atomic mass is 9.90. The Hall–Kier alpha value is -0.650. The minimum atomic E-state index is -0.298. The molecule has 2 aliphatic rings. The van der Waals surface area contributed by atoms with Gasteiger partial charge in [-0.3, -0.25) is 9.69 Å². The van der Waals surface area contributed by atoms with Gasteiger partial charge in [-0.1, -0.05) is 12.8 Å². The molecule has 92 valence electrons. The van der Waals surface area contributed by atoms with Crippen molar-refractivity contribution in [3.8, 4) is 0 Å². The maximum absolute atomic E-state index is 11.4. The van der Waals surface area contributed by atoms with E-state index in [0.29, 0.717) is 6.54 Å². The molecule has 2 rings (SSSR count). The summed E-state index contributed by atoms with van der Waals surface area (Å²) in [5.41, 5.74) is 5.41. The topological polar surface area (TPSA) is 78.6 Å². The van der Waals surface area contributed by atoms with Gasteiger partial charge < -0.3 is 16.2 Å². The van der Waals surface area contributed by atoms with E-state index in [1.807, 2.05) is 0 Å². The lowest BCUT2D eigenvalue weighted by Gasteiger charge is -2.43. The van der Waals surface area contributed by atoms with E-state index in [9.17, 15) is 9.90 Å². The first-order valence-electron chi connectivity index (χ1n) is 6.14. The molecule has 0 spiro atoms. The van der Waals surface area contributed by atoms with Crippen molar-refractivity contribution in [3.63, 3.8) is 0 Å². The summed E-state index contributed by atoms with van der Waals surface area (Å²) in [5, 5.41) is 13.2. The lowest BCUT2D eigenvalue weighted by Crippen LogP contribution is -2.62. The van der Waals surface area contributed by atoms with Crippen molar-refractivity contribution >= 4 is 5.91 Å². The van der Waals surface area contributed by atoms with Gasteiger partial charge in [0.1, 0.15) is 6.04 Å². The van der Waals surface area contributed by atoms with Crippen LogP contribution in [0.1, 0.15) is 25.7 Å². The van der Waals surface area contributed by atoms with Gasteiger partial charge in [0.15, 0.2) is 0 Å². The Morgan fingerprint density at radius 1 is 1.38 bits per heavy atom. The molecule has 3 atom stereocenters. The van der Waals surface area contributed by atoms with Gasteiger partial charge in [0.2, 0.25) is 5.91 Å². The molecule has 0 aromatic heterocycles. The molecule has 3 unspecified atom stereocenters. The highest BCUT2D eigenvalue weighted by molar-refractivity contribution is 5.80. The van der Waals surface area contributed by atoms with E-state index in [2.05, 4.69) is 10.2 Å². The number of hydrogen-bond donors (Lipinski definition) is 3. The van der Waals surface area contributed by atoms with Gasteiger partial charge >= 0.3 is 0 Å². The Morgan fingerprint density at radius 2 is 2.12 bits per heavy atom. The molecule has 0 aromatic rings. The number of aliphatic hydroxyl groups excluding tert-OH is 1. The average molecular weight is 227 g/mol. The minimum absolute atomic E-state index is 0.119. The fraction of sp³-hybridized carbons (Fsp3) is 0.909. The molecule has 5 nitrogen and oxygen atoms in total. The summed E-state index contributed by atoms with van der Waals surface area (Å²) in [7, 11) is 0. The van der Waals surface area contributed by atoms with E-state index >= 15 is 0 Å². The fourth-order valence-corrected chi connectivity index (χ4v) is 2.86. The SMILES string of the molecule is NC(=O)C1CNCCN1C1CCCCC1O. The van der Waals surface area contributed by atoms with Crippen molar-refractivity contribution in [2.75, 3.05) is 19.6 Å². The lowest BCUT2D eigenvalue weighted by molar-refractivity contribution is -0.126. The Kier molecular flexibility index (Phi) is 3.78. The summed E-state index contributed by atoms with van der Waals surface area (Å²) in [6.07, 6.45) is 3.75. The van der Waals surface area contributed by atoms with Gasteiger partial charge in [-0.25, -0.2) is 0 Å². The summed E-state index contributed by atoms with van der Waals surface area (Å²) in [4.78, 5) is 13.5. The van der Waals surface area contributed by atoms with E-state index in [1.165, 1.54) is 0 Å². The summed E-state index contributed by atoms with van der Waals surface area (Å²) in [5.74, 6) is -0.287. The van der Waals surface area contributed by atoms with Gasteiger partial charge in [-0.05, 0) is 12.8 Å². The first-order chi connectivity index (χ1) is 7.70. The second kappa shape index (κ2) is 5.12. The normalized spacial score (nSPS) is 37.2. The van der Waals surface area contributed by atoms with E-state index in [-0.39, 0.29) is 24.1 Å². The number of rotatable bonds is 2. The molecule has 1 aliphatic heterocycles. The van der Waals surface area contributed by atoms with Crippen molar-refractivity contribution in [3.05, 3.63) is 0 Å². The Morgan fingerprint density at radius 3 is 2.81 bits per heavy atom. The number of carbonyl (C=O) groups is 1. The molecule has 0 aromatic carbocycles. The second-order valence-corrected chi connectivity index (χ2v) is 4.78. The summed E-state index contributed by atoms with van der Waals surface area (Å²) in [6.45, 7) is 2.28. The molecular weight excluding hydrogens is 206 g/mol. The zero-order valence-electron chi connectivity index (χ0n) is 9.56. The van der Waals surface area contributed by atoms with Crippen LogP contribution in [0.2, 0.25) is 0 Å². The summed E-state index contributed by atoms with van der Waals surface area (Å²) < 4.78 is 0. The molecule has 1 heterocycles. The van der Waals surface area contributed by atoms with Crippen molar-refractivity contribution in [1.29, 1.82) is 0 Å². The van der Waals surface area contributed by atoms with Crippen LogP contribution in [0.3, 0.4) is 0 Å². The molecule has 1 aliphatic carbocycles. The number of piperazine rings is 1. The van der Waals surface area contributed by atoms with Crippen LogP contribution in [0.25, 0.3) is 0 Å². The zero-order valence-corrected chi connectivity index (χ0v) is 9.56. The van der Waals surface area contributed by atoms with E-state index in [4.69, 9.17) is 5.73 Å². The molecule has 1 saturated heterocycles. The average Bonchev–Trinajstić information content (AvgIpc) is 2.29. The predicted octanol–water partition coefficient (Wildman–Crippen LogP) is -0.951. The van der Waals surface area contributed by atoms with Crippen LogP contribution in [-0.4, -0.2) is 53.7 Å². The number of carbonyl (C=O) groups excluding carboxylic acids is 1. The number of aliphatic hydroxyl groups is 1. The van der Waals surface area contributed by atoms with Gasteiger partial charge in [0.05, 0.1) is 6.10 Å². The molecular formula is C11H21N3O2. The Labute approximate surface area is 96.0 Å². The van der Waals surface area contributed by atoms with Crippen molar-refractivity contribution in [2.45, 2.75) is 43.9 Å². The highest BCUT2D eigenvalue weighted by atomic mass is 16.3. The maximum atomic E-state index is 11.4. The number of nitrogens with two attached hydrogens (primary N) is 1. The van der Waals surface area contributed by atoms with Gasteiger partial charge in [-0.2, -0.15) is 0 Å². The Bertz CT molecular complexity index is 260. The molecule has 0 radical (unpaired) electrons. The molecule has 5 heteroatoms. The number of primary amides is 1. The van der Waals surface area contributed by atoms with Crippen molar-refractivity contribution < 1.29 is 9.90 Å². The summed E-state index contributed by atoms with van der Waals surface area (Å²) in [6, 6.07) is -0.139. The van der Waals surface area contributed by atoms with Crippen molar-refractivity contribution in [1.82, 2.24) is 10.2 Å². The molecule has 1 saturated carbocycles. The van der Waals surface area contributed by atoms with Crippen LogP contribution >= 0.6 is 0 Å². The molecule has 0 bridgehead atoms. The molecule has 4 N–H and O–H groups in total. The third kappa shape index (κ3) is 2.36. The van der Waals surface area contributed by atoms with Crippen LogP contribution < -0.4 is 11.1 Å². The summed E-state index contributed by atoms with van der Waals surface area (Å²) >= 11 is 0. The highest BCUT2D eigenvalue weighted by Crippen LogP contribution is 2.25. The first kappa shape index (κ1) is 11.8. The van der Waals surface area contributed by atoms with Gasteiger partial charge in [0, 0.05) is 25.7 Å². The fourth-order valence-electron chi connectivity index (χ4n) is 2.86.